The lowest BCUT2D eigenvalue weighted by Crippen LogP contribution is -2.55. The molecule has 2 aliphatic heterocycles. The lowest BCUT2D eigenvalue weighted by molar-refractivity contribution is -0.138. The number of aliphatic hydroxyl groups is 1. The van der Waals surface area contributed by atoms with Crippen molar-refractivity contribution in [2.75, 3.05) is 43.4 Å². The molecule has 0 spiro atoms. The molecule has 6 N–H and O–H groups in total. The molecule has 0 radical (unpaired) electrons. The standard InChI is InChI=1S/C22H34N6O6S/c29-13-4-14-35(33,34)27-18(21(31)32)15-25-20(30)16-6-8-17(9-7-16)28-12-2-1-5-19(28)26-22-23-10-3-11-24-22/h6-9,18-19,27,29H,1-5,10-15H2,(H,25,30)(H,31,32)(H2,23,24,26)/t18-,19?/m0/s1. The van der Waals surface area contributed by atoms with Crippen molar-refractivity contribution < 1.29 is 28.2 Å². The molecule has 1 aromatic carbocycles. The summed E-state index contributed by atoms with van der Waals surface area (Å²) in [4.78, 5) is 30.7. The third-order valence-electron chi connectivity index (χ3n) is 5.82. The number of piperidine rings is 1. The maximum atomic E-state index is 12.6. The fourth-order valence-corrected chi connectivity index (χ4v) is 5.23. The Hall–Kier alpha value is -2.90. The number of carbonyl (C=O) groups excluding carboxylic acids is 1. The van der Waals surface area contributed by atoms with Crippen molar-refractivity contribution in [3.8, 4) is 0 Å². The largest absolute Gasteiger partial charge is 0.480 e. The molecule has 2 atom stereocenters. The average Bonchev–Trinajstić information content (AvgIpc) is 2.86. The second-order valence-corrected chi connectivity index (χ2v) is 10.4. The Morgan fingerprint density at radius 3 is 2.63 bits per heavy atom. The topological polar surface area (TPSA) is 172 Å². The SMILES string of the molecule is O=C(NC[C@H](NS(=O)(=O)CCCO)C(=O)O)c1ccc(N2CCCCC2NC2=NCCCN2)cc1. The van der Waals surface area contributed by atoms with Gasteiger partial charge in [0.15, 0.2) is 5.96 Å². The van der Waals surface area contributed by atoms with E-state index in [0.717, 1.165) is 57.0 Å². The zero-order valence-electron chi connectivity index (χ0n) is 19.6. The summed E-state index contributed by atoms with van der Waals surface area (Å²) in [5.41, 5.74) is 1.29. The molecule has 1 aromatic rings. The van der Waals surface area contributed by atoms with E-state index >= 15 is 0 Å². The number of aliphatic hydroxyl groups excluding tert-OH is 1. The molecule has 0 aliphatic carbocycles. The van der Waals surface area contributed by atoms with Crippen molar-refractivity contribution in [1.29, 1.82) is 0 Å². The smallest absolute Gasteiger partial charge is 0.323 e. The van der Waals surface area contributed by atoms with Gasteiger partial charge in [-0.3, -0.25) is 14.6 Å². The molecule has 1 amide bonds. The van der Waals surface area contributed by atoms with Crippen LogP contribution in [-0.2, 0) is 14.8 Å². The summed E-state index contributed by atoms with van der Waals surface area (Å²) in [6, 6.07) is 5.49. The van der Waals surface area contributed by atoms with Gasteiger partial charge in [-0.15, -0.1) is 0 Å². The molecule has 194 valence electrons. The Morgan fingerprint density at radius 2 is 1.97 bits per heavy atom. The molecule has 0 aromatic heterocycles. The van der Waals surface area contributed by atoms with Crippen molar-refractivity contribution in [3.63, 3.8) is 0 Å². The van der Waals surface area contributed by atoms with E-state index in [1.807, 2.05) is 16.9 Å². The minimum atomic E-state index is -3.90. The molecule has 1 saturated heterocycles. The van der Waals surface area contributed by atoms with Crippen molar-refractivity contribution in [2.45, 2.75) is 44.3 Å². The second-order valence-electron chi connectivity index (χ2n) is 8.52. The number of hydrogen-bond donors (Lipinski definition) is 6. The molecule has 2 aliphatic rings. The summed E-state index contributed by atoms with van der Waals surface area (Å²) in [6.45, 7) is 1.83. The number of carbonyl (C=O) groups is 2. The number of carboxylic acid groups (broad SMARTS) is 1. The Balaban J connectivity index is 1.59. The minimum absolute atomic E-state index is 0.0155. The van der Waals surface area contributed by atoms with Gasteiger partial charge in [-0.2, -0.15) is 4.72 Å². The highest BCUT2D eigenvalue weighted by molar-refractivity contribution is 7.89. The average molecular weight is 511 g/mol. The van der Waals surface area contributed by atoms with Crippen LogP contribution in [0.3, 0.4) is 0 Å². The summed E-state index contributed by atoms with van der Waals surface area (Å²) in [5, 5.41) is 27.3. The first-order valence-electron chi connectivity index (χ1n) is 11.8. The van der Waals surface area contributed by atoms with E-state index in [0.29, 0.717) is 5.56 Å². The summed E-state index contributed by atoms with van der Waals surface area (Å²) >= 11 is 0. The maximum Gasteiger partial charge on any atom is 0.323 e. The van der Waals surface area contributed by atoms with E-state index in [1.165, 1.54) is 0 Å². The summed E-state index contributed by atoms with van der Waals surface area (Å²) in [7, 11) is -3.90. The highest BCUT2D eigenvalue weighted by atomic mass is 32.2. The summed E-state index contributed by atoms with van der Waals surface area (Å²) in [6.07, 6.45) is 4.22. The Labute approximate surface area is 205 Å². The van der Waals surface area contributed by atoms with Crippen LogP contribution in [0.25, 0.3) is 0 Å². The van der Waals surface area contributed by atoms with Crippen molar-refractivity contribution in [2.24, 2.45) is 4.99 Å². The van der Waals surface area contributed by atoms with Gasteiger partial charge in [-0.05, 0) is 56.4 Å². The molecule has 1 unspecified atom stereocenters. The van der Waals surface area contributed by atoms with Crippen LogP contribution >= 0.6 is 0 Å². The van der Waals surface area contributed by atoms with Crippen molar-refractivity contribution in [3.05, 3.63) is 29.8 Å². The second kappa shape index (κ2) is 12.7. The Kier molecular flexibility index (Phi) is 9.69. The van der Waals surface area contributed by atoms with E-state index < -0.39 is 40.2 Å². The number of nitrogens with one attached hydrogen (secondary N) is 4. The highest BCUT2D eigenvalue weighted by Crippen LogP contribution is 2.24. The van der Waals surface area contributed by atoms with Gasteiger partial charge in [0, 0.05) is 44.0 Å². The summed E-state index contributed by atoms with van der Waals surface area (Å²) < 4.78 is 25.9. The number of rotatable bonds is 11. The number of aliphatic carboxylic acids is 1. The highest BCUT2D eigenvalue weighted by Gasteiger charge is 2.26. The monoisotopic (exact) mass is 510 g/mol. The van der Waals surface area contributed by atoms with Gasteiger partial charge in [0.2, 0.25) is 10.0 Å². The molecule has 13 heteroatoms. The van der Waals surface area contributed by atoms with Gasteiger partial charge < -0.3 is 31.1 Å². The van der Waals surface area contributed by atoms with Crippen LogP contribution in [0.2, 0.25) is 0 Å². The quantitative estimate of drug-likeness (QED) is 0.228. The van der Waals surface area contributed by atoms with Crippen LogP contribution < -0.4 is 25.6 Å². The first-order chi connectivity index (χ1) is 16.8. The van der Waals surface area contributed by atoms with Gasteiger partial charge in [-0.25, -0.2) is 8.42 Å². The Morgan fingerprint density at radius 1 is 1.20 bits per heavy atom. The van der Waals surface area contributed by atoms with Crippen LogP contribution in [0.5, 0.6) is 0 Å². The molecular weight excluding hydrogens is 476 g/mol. The van der Waals surface area contributed by atoms with Gasteiger partial charge in [0.25, 0.3) is 5.91 Å². The minimum Gasteiger partial charge on any atom is -0.480 e. The number of benzene rings is 1. The lowest BCUT2D eigenvalue weighted by atomic mass is 10.1. The predicted molar refractivity (Wildman–Crippen MR) is 132 cm³/mol. The van der Waals surface area contributed by atoms with Gasteiger partial charge in [0.05, 0.1) is 5.75 Å². The maximum absolute atomic E-state index is 12.6. The van der Waals surface area contributed by atoms with E-state index in [1.54, 1.807) is 12.1 Å². The number of nitrogens with zero attached hydrogens (tertiary/aromatic N) is 2. The molecule has 2 heterocycles. The molecule has 0 bridgehead atoms. The summed E-state index contributed by atoms with van der Waals surface area (Å²) in [5.74, 6) is -1.51. The zero-order valence-corrected chi connectivity index (χ0v) is 20.4. The lowest BCUT2D eigenvalue weighted by Gasteiger charge is -2.39. The fourth-order valence-electron chi connectivity index (χ4n) is 3.99. The third kappa shape index (κ3) is 8.08. The van der Waals surface area contributed by atoms with E-state index in [9.17, 15) is 23.1 Å². The molecule has 35 heavy (non-hydrogen) atoms. The molecule has 12 nitrogen and oxygen atoms in total. The van der Waals surface area contributed by atoms with Gasteiger partial charge in [0.1, 0.15) is 12.2 Å². The predicted octanol–water partition coefficient (Wildman–Crippen LogP) is -0.573. The molecule has 3 rings (SSSR count). The van der Waals surface area contributed by atoms with Crippen LogP contribution in [0.4, 0.5) is 5.69 Å². The van der Waals surface area contributed by atoms with E-state index in [4.69, 9.17) is 5.11 Å². The van der Waals surface area contributed by atoms with Crippen LogP contribution in [0.1, 0.15) is 42.5 Å². The normalized spacial score (nSPS) is 19.3. The number of anilines is 1. The first kappa shape index (κ1) is 26.7. The van der Waals surface area contributed by atoms with Crippen LogP contribution in [0.15, 0.2) is 29.3 Å². The fraction of sp³-hybridized carbons (Fsp3) is 0.591. The van der Waals surface area contributed by atoms with Crippen LogP contribution in [-0.4, -0.2) is 87.2 Å². The molecule has 1 fully saturated rings. The third-order valence-corrected chi connectivity index (χ3v) is 7.29. The number of aliphatic imine (C=N–C) groups is 1. The number of hydrogen-bond acceptors (Lipinski definition) is 9. The van der Waals surface area contributed by atoms with E-state index in [-0.39, 0.29) is 19.2 Å². The number of guanidine groups is 1. The van der Waals surface area contributed by atoms with Crippen LogP contribution in [0, 0.1) is 0 Å². The van der Waals surface area contributed by atoms with Crippen molar-refractivity contribution >= 4 is 33.5 Å². The van der Waals surface area contributed by atoms with Crippen molar-refractivity contribution in [1.82, 2.24) is 20.7 Å². The van der Waals surface area contributed by atoms with Gasteiger partial charge in [-0.1, -0.05) is 0 Å². The number of sulfonamides is 1. The number of carboxylic acids is 1. The number of amides is 1. The zero-order chi connectivity index (χ0) is 25.3. The van der Waals surface area contributed by atoms with Gasteiger partial charge >= 0.3 is 5.97 Å². The first-order valence-corrected chi connectivity index (χ1v) is 13.5. The van der Waals surface area contributed by atoms with E-state index in [2.05, 4.69) is 25.8 Å². The molecule has 0 saturated carbocycles. The Bertz CT molecular complexity index is 1000. The molecular formula is C22H34N6O6S.